The molecule has 5 rings (SSSR count). The van der Waals surface area contributed by atoms with Gasteiger partial charge in [-0.1, -0.05) is 12.1 Å². The lowest BCUT2D eigenvalue weighted by Gasteiger charge is -2.19. The van der Waals surface area contributed by atoms with Crippen molar-refractivity contribution in [3.63, 3.8) is 0 Å². The molecule has 0 spiro atoms. The summed E-state index contributed by atoms with van der Waals surface area (Å²) in [6.07, 6.45) is 0. The monoisotopic (exact) mass is 441 g/mol. The minimum absolute atomic E-state index is 0.0897. The highest BCUT2D eigenvalue weighted by Gasteiger charge is 2.18. The summed E-state index contributed by atoms with van der Waals surface area (Å²) < 4.78 is 6.86. The summed E-state index contributed by atoms with van der Waals surface area (Å²) in [7, 11) is 0. The lowest BCUT2D eigenvalue weighted by atomic mass is 9.96. The van der Waals surface area contributed by atoms with Crippen molar-refractivity contribution >= 4 is 21.5 Å². The second-order valence-corrected chi connectivity index (χ2v) is 8.51. The Bertz CT molecular complexity index is 1650. The van der Waals surface area contributed by atoms with Crippen molar-refractivity contribution in [1.82, 2.24) is 9.55 Å². The van der Waals surface area contributed by atoms with E-state index in [0.29, 0.717) is 17.2 Å². The van der Waals surface area contributed by atoms with E-state index in [1.165, 1.54) is 12.1 Å². The Balaban J connectivity index is 1.51. The van der Waals surface area contributed by atoms with Crippen molar-refractivity contribution in [2.24, 2.45) is 5.73 Å². The van der Waals surface area contributed by atoms with E-state index in [4.69, 9.17) is 10.5 Å². The van der Waals surface area contributed by atoms with Crippen molar-refractivity contribution in [2.45, 2.75) is 19.4 Å². The number of H-pyrrole nitrogens is 1. The Morgan fingerprint density at radius 3 is 1.64 bits per heavy atom. The molecule has 0 aliphatic rings. The maximum atomic E-state index is 12.9. The number of aromatic amines is 1. The first kappa shape index (κ1) is 20.6. The van der Waals surface area contributed by atoms with Crippen LogP contribution in [0.15, 0.2) is 79.8 Å². The van der Waals surface area contributed by atoms with Gasteiger partial charge in [0.25, 0.3) is 22.2 Å². The van der Waals surface area contributed by atoms with E-state index in [-0.39, 0.29) is 21.5 Å². The number of rotatable bonds is 4. The third-order valence-corrected chi connectivity index (χ3v) is 5.67. The van der Waals surface area contributed by atoms with Crippen molar-refractivity contribution < 1.29 is 4.74 Å². The number of fused-ring (bicyclic) bond motifs is 2. The molecular formula is C25H19N3O5. The second-order valence-electron chi connectivity index (χ2n) is 8.51. The van der Waals surface area contributed by atoms with Gasteiger partial charge in [0.1, 0.15) is 11.5 Å². The molecule has 3 N–H and O–H groups in total. The predicted octanol–water partition coefficient (Wildman–Crippen LogP) is 2.41. The van der Waals surface area contributed by atoms with Gasteiger partial charge in [0.15, 0.2) is 0 Å². The number of nitrogens with one attached hydrogen (secondary N) is 1. The molecule has 0 saturated carbocycles. The third-order valence-electron chi connectivity index (χ3n) is 5.67. The summed E-state index contributed by atoms with van der Waals surface area (Å²) >= 11 is 0. The standard InChI is InChI=1S/C25H19N3O5/c1-25(2,26)13-3-7-15(8-4-13)33-16-9-5-14(6-10-16)28-23(31)19-11-17-18(12-20(19)24(28)32)22(30)27-21(17)29/h3-12H,26H2,1-2H3,(H,27,29,30). The highest BCUT2D eigenvalue weighted by atomic mass is 16.5. The van der Waals surface area contributed by atoms with Crippen LogP contribution >= 0.6 is 0 Å². The maximum Gasteiger partial charge on any atom is 0.266 e. The number of ether oxygens (including phenoxy) is 1. The van der Waals surface area contributed by atoms with Gasteiger partial charge in [-0.2, -0.15) is 0 Å². The van der Waals surface area contributed by atoms with Crippen molar-refractivity contribution in [2.75, 3.05) is 0 Å². The lowest BCUT2D eigenvalue weighted by Crippen LogP contribution is -2.28. The van der Waals surface area contributed by atoms with Crippen LogP contribution in [0, 0.1) is 0 Å². The Morgan fingerprint density at radius 2 is 1.18 bits per heavy atom. The van der Waals surface area contributed by atoms with Crippen molar-refractivity contribution in [3.05, 3.63) is 108 Å². The van der Waals surface area contributed by atoms with E-state index >= 15 is 0 Å². The first-order valence-corrected chi connectivity index (χ1v) is 10.2. The molecule has 2 heterocycles. The van der Waals surface area contributed by atoms with Gasteiger partial charge in [0.05, 0.1) is 27.2 Å². The zero-order chi connectivity index (χ0) is 23.5. The molecular weight excluding hydrogens is 422 g/mol. The van der Waals surface area contributed by atoms with Gasteiger partial charge >= 0.3 is 0 Å². The Labute approximate surface area is 186 Å². The van der Waals surface area contributed by atoms with Crippen LogP contribution in [0.25, 0.3) is 27.2 Å². The molecule has 0 aliphatic carbocycles. The molecule has 0 amide bonds. The van der Waals surface area contributed by atoms with Crippen molar-refractivity contribution in [3.8, 4) is 17.2 Å². The summed E-state index contributed by atoms with van der Waals surface area (Å²) in [6.45, 7) is 3.84. The molecule has 0 saturated heterocycles. The number of benzene rings is 3. The van der Waals surface area contributed by atoms with Crippen molar-refractivity contribution in [1.29, 1.82) is 0 Å². The number of aromatic nitrogens is 2. The molecule has 8 nitrogen and oxygen atoms in total. The first-order valence-electron chi connectivity index (χ1n) is 10.2. The summed E-state index contributed by atoms with van der Waals surface area (Å²) in [5, 5.41) is 0.364. The van der Waals surface area contributed by atoms with E-state index in [9.17, 15) is 19.2 Å². The molecule has 8 heteroatoms. The quantitative estimate of drug-likeness (QED) is 0.441. The van der Waals surface area contributed by atoms with Crippen LogP contribution in [0.3, 0.4) is 0 Å². The highest BCUT2D eigenvalue weighted by molar-refractivity contribution is 5.97. The molecule has 33 heavy (non-hydrogen) atoms. The van der Waals surface area contributed by atoms with Gasteiger partial charge in [-0.05, 0) is 67.9 Å². The summed E-state index contributed by atoms with van der Waals surface area (Å²) in [5.74, 6) is 1.14. The second kappa shape index (κ2) is 7.11. The van der Waals surface area contributed by atoms with Gasteiger partial charge in [-0.3, -0.25) is 24.2 Å². The molecule has 164 valence electrons. The fourth-order valence-electron chi connectivity index (χ4n) is 3.89. The average Bonchev–Trinajstić information content (AvgIpc) is 3.19. The van der Waals surface area contributed by atoms with Crippen LogP contribution in [0.2, 0.25) is 0 Å². The maximum absolute atomic E-state index is 12.9. The number of nitrogens with zero attached hydrogens (tertiary/aromatic N) is 1. The number of hydrogen-bond donors (Lipinski definition) is 2. The molecule has 3 aromatic carbocycles. The van der Waals surface area contributed by atoms with Crippen LogP contribution < -0.4 is 32.7 Å². The normalized spacial score (nSPS) is 12.0. The minimum atomic E-state index is -0.582. The van der Waals surface area contributed by atoms with Crippen LogP contribution in [0.1, 0.15) is 19.4 Å². The summed E-state index contributed by atoms with van der Waals surface area (Å²) in [5.41, 5.74) is 4.69. The van der Waals surface area contributed by atoms with Crippen LogP contribution in [0.4, 0.5) is 0 Å². The molecule has 2 aromatic heterocycles. The molecule has 0 bridgehead atoms. The van der Waals surface area contributed by atoms with Crippen LogP contribution in [-0.2, 0) is 5.54 Å². The Morgan fingerprint density at radius 1 is 0.727 bits per heavy atom. The fourth-order valence-corrected chi connectivity index (χ4v) is 3.89. The van der Waals surface area contributed by atoms with Crippen LogP contribution in [-0.4, -0.2) is 9.55 Å². The van der Waals surface area contributed by atoms with Gasteiger partial charge in [-0.25, -0.2) is 4.57 Å². The third kappa shape index (κ3) is 3.37. The molecule has 0 unspecified atom stereocenters. The topological polar surface area (TPSA) is 124 Å². The van der Waals surface area contributed by atoms with E-state index in [1.807, 2.05) is 38.1 Å². The smallest absolute Gasteiger partial charge is 0.266 e. The summed E-state index contributed by atoms with van der Waals surface area (Å²) in [6, 6.07) is 16.5. The van der Waals surface area contributed by atoms with Gasteiger partial charge < -0.3 is 10.5 Å². The molecule has 0 fully saturated rings. The van der Waals surface area contributed by atoms with E-state index in [2.05, 4.69) is 4.98 Å². The van der Waals surface area contributed by atoms with E-state index in [1.54, 1.807) is 24.3 Å². The number of nitrogens with two attached hydrogens (primary N) is 1. The molecule has 0 atom stereocenters. The molecule has 5 aromatic rings. The average molecular weight is 441 g/mol. The fraction of sp³-hybridized carbons (Fsp3) is 0.120. The van der Waals surface area contributed by atoms with Gasteiger partial charge in [-0.15, -0.1) is 0 Å². The van der Waals surface area contributed by atoms with E-state index in [0.717, 1.165) is 10.1 Å². The zero-order valence-electron chi connectivity index (χ0n) is 17.8. The zero-order valence-corrected chi connectivity index (χ0v) is 17.8. The number of hydrogen-bond acceptors (Lipinski definition) is 6. The SMILES string of the molecule is CC(C)(N)c1ccc(Oc2ccc(-n3c(=O)c4cc5c(=O)[nH]c(=O)c5cc4c3=O)cc2)cc1. The largest absolute Gasteiger partial charge is 0.457 e. The first-order chi connectivity index (χ1) is 15.6. The summed E-state index contributed by atoms with van der Waals surface area (Å²) in [4.78, 5) is 51.8. The predicted molar refractivity (Wildman–Crippen MR) is 126 cm³/mol. The molecule has 0 radical (unpaired) electrons. The Kier molecular flexibility index (Phi) is 4.44. The van der Waals surface area contributed by atoms with Gasteiger partial charge in [0.2, 0.25) is 0 Å². The minimum Gasteiger partial charge on any atom is -0.457 e. The Hall–Kier alpha value is -4.30. The van der Waals surface area contributed by atoms with Crippen LogP contribution in [0.5, 0.6) is 11.5 Å². The van der Waals surface area contributed by atoms with E-state index < -0.39 is 27.8 Å². The lowest BCUT2D eigenvalue weighted by molar-refractivity contribution is 0.480. The highest BCUT2D eigenvalue weighted by Crippen LogP contribution is 2.25. The molecule has 0 aliphatic heterocycles. The van der Waals surface area contributed by atoms with Gasteiger partial charge in [0, 0.05) is 5.54 Å².